The Labute approximate surface area is 140 Å². The van der Waals surface area contributed by atoms with E-state index in [9.17, 15) is 4.79 Å². The van der Waals surface area contributed by atoms with Gasteiger partial charge in [0, 0.05) is 25.8 Å². The molecule has 0 bridgehead atoms. The summed E-state index contributed by atoms with van der Waals surface area (Å²) in [4.78, 5) is 16.5. The van der Waals surface area contributed by atoms with Gasteiger partial charge in [0.25, 0.3) is 0 Å². The Balaban J connectivity index is 1.68. The van der Waals surface area contributed by atoms with E-state index < -0.39 is 0 Å². The molecule has 0 aliphatic carbocycles. The van der Waals surface area contributed by atoms with Gasteiger partial charge in [-0.25, -0.2) is 0 Å². The molecule has 1 aromatic heterocycles. The molecule has 0 spiro atoms. The third kappa shape index (κ3) is 3.86. The largest absolute Gasteiger partial charge is 0.378 e. The van der Waals surface area contributed by atoms with Gasteiger partial charge in [-0.05, 0) is 37.1 Å². The van der Waals surface area contributed by atoms with Crippen molar-refractivity contribution in [3.63, 3.8) is 0 Å². The standard InChI is InChI=1S/C16H21N5OS/c1-20(2)13-6-3-5-12(9-13)14-7-4-8-21(14)10-15(22)18-16-19-17-11-23-16/h3,5-6,9,11,14H,4,7-8,10H2,1-2H3,(H,18,19,22)/t14-/m1/s1. The molecule has 0 unspecified atom stereocenters. The fourth-order valence-electron chi connectivity index (χ4n) is 2.97. The third-order valence-corrected chi connectivity index (χ3v) is 4.69. The van der Waals surface area contributed by atoms with E-state index in [1.54, 1.807) is 5.51 Å². The second-order valence-electron chi connectivity index (χ2n) is 5.91. The lowest BCUT2D eigenvalue weighted by atomic mass is 10.0. The Hall–Kier alpha value is -1.99. The topological polar surface area (TPSA) is 61.4 Å². The summed E-state index contributed by atoms with van der Waals surface area (Å²) < 4.78 is 0. The van der Waals surface area contributed by atoms with Crippen molar-refractivity contribution in [1.82, 2.24) is 15.1 Å². The first-order valence-electron chi connectivity index (χ1n) is 7.71. The first-order chi connectivity index (χ1) is 11.1. The van der Waals surface area contributed by atoms with Gasteiger partial charge in [-0.1, -0.05) is 23.5 Å². The number of rotatable bonds is 5. The van der Waals surface area contributed by atoms with Crippen molar-refractivity contribution in [2.45, 2.75) is 18.9 Å². The number of anilines is 2. The maximum absolute atomic E-state index is 12.2. The smallest absolute Gasteiger partial charge is 0.240 e. The fraction of sp³-hybridized carbons (Fsp3) is 0.438. The Bertz CT molecular complexity index is 658. The van der Waals surface area contributed by atoms with Gasteiger partial charge in [0.2, 0.25) is 11.0 Å². The molecular formula is C16H21N5OS. The van der Waals surface area contributed by atoms with Crippen LogP contribution in [0.2, 0.25) is 0 Å². The summed E-state index contributed by atoms with van der Waals surface area (Å²) in [6.45, 7) is 1.33. The van der Waals surface area contributed by atoms with E-state index in [2.05, 4.69) is 49.6 Å². The summed E-state index contributed by atoms with van der Waals surface area (Å²) in [5, 5.41) is 10.9. The number of nitrogens with zero attached hydrogens (tertiary/aromatic N) is 4. The highest BCUT2D eigenvalue weighted by atomic mass is 32.1. The summed E-state index contributed by atoms with van der Waals surface area (Å²) >= 11 is 1.33. The lowest BCUT2D eigenvalue weighted by Crippen LogP contribution is -2.33. The van der Waals surface area contributed by atoms with Crippen LogP contribution in [-0.2, 0) is 4.79 Å². The number of hydrogen-bond donors (Lipinski definition) is 1. The monoisotopic (exact) mass is 331 g/mol. The minimum absolute atomic E-state index is 0.0302. The second kappa shape index (κ2) is 7.06. The highest BCUT2D eigenvalue weighted by Gasteiger charge is 2.28. The SMILES string of the molecule is CN(C)c1cccc([C@H]2CCCN2CC(=O)Nc2nncs2)c1. The van der Waals surface area contributed by atoms with Crippen molar-refractivity contribution in [2.24, 2.45) is 0 Å². The van der Waals surface area contributed by atoms with Gasteiger partial charge in [0.05, 0.1) is 6.54 Å². The molecule has 6 nitrogen and oxygen atoms in total. The van der Waals surface area contributed by atoms with E-state index in [0.717, 1.165) is 19.4 Å². The number of carbonyl (C=O) groups is 1. The van der Waals surface area contributed by atoms with Gasteiger partial charge in [-0.3, -0.25) is 15.0 Å². The molecule has 23 heavy (non-hydrogen) atoms. The Morgan fingerprint density at radius 1 is 1.48 bits per heavy atom. The third-order valence-electron chi connectivity index (χ3n) is 4.09. The summed E-state index contributed by atoms with van der Waals surface area (Å²) in [5.74, 6) is -0.0302. The number of benzene rings is 1. The maximum Gasteiger partial charge on any atom is 0.240 e. The molecule has 2 aromatic rings. The summed E-state index contributed by atoms with van der Waals surface area (Å²) in [5.41, 5.74) is 4.08. The van der Waals surface area contributed by atoms with Gasteiger partial charge in [0.15, 0.2) is 0 Å². The van der Waals surface area contributed by atoms with Crippen LogP contribution in [0.3, 0.4) is 0 Å². The fourth-order valence-corrected chi connectivity index (χ4v) is 3.44. The van der Waals surface area contributed by atoms with E-state index >= 15 is 0 Å². The second-order valence-corrected chi connectivity index (χ2v) is 6.74. The van der Waals surface area contributed by atoms with Crippen molar-refractivity contribution in [3.8, 4) is 0 Å². The molecule has 0 radical (unpaired) electrons. The molecule has 1 aliphatic heterocycles. The van der Waals surface area contributed by atoms with E-state index in [0.29, 0.717) is 17.7 Å². The Morgan fingerprint density at radius 2 is 2.35 bits per heavy atom. The van der Waals surface area contributed by atoms with Crippen LogP contribution in [0.5, 0.6) is 0 Å². The average molecular weight is 331 g/mol. The maximum atomic E-state index is 12.2. The molecule has 1 saturated heterocycles. The van der Waals surface area contributed by atoms with Gasteiger partial charge in [-0.2, -0.15) is 0 Å². The molecule has 3 rings (SSSR count). The highest BCUT2D eigenvalue weighted by Crippen LogP contribution is 2.33. The van der Waals surface area contributed by atoms with E-state index in [4.69, 9.17) is 0 Å². The summed E-state index contributed by atoms with van der Waals surface area (Å²) in [6.07, 6.45) is 2.20. The zero-order valence-electron chi connectivity index (χ0n) is 13.4. The van der Waals surface area contributed by atoms with Crippen LogP contribution in [0, 0.1) is 0 Å². The molecule has 7 heteroatoms. The Morgan fingerprint density at radius 3 is 3.09 bits per heavy atom. The van der Waals surface area contributed by atoms with Gasteiger partial charge in [0.1, 0.15) is 5.51 Å². The first-order valence-corrected chi connectivity index (χ1v) is 8.59. The molecule has 1 N–H and O–H groups in total. The predicted octanol–water partition coefficient (Wildman–Crippen LogP) is 2.38. The van der Waals surface area contributed by atoms with Crippen molar-refractivity contribution in [2.75, 3.05) is 37.4 Å². The van der Waals surface area contributed by atoms with Crippen LogP contribution < -0.4 is 10.2 Å². The van der Waals surface area contributed by atoms with Crippen molar-refractivity contribution < 1.29 is 4.79 Å². The minimum atomic E-state index is -0.0302. The predicted molar refractivity (Wildman–Crippen MR) is 92.9 cm³/mol. The van der Waals surface area contributed by atoms with Crippen LogP contribution in [-0.4, -0.2) is 48.2 Å². The van der Waals surface area contributed by atoms with Crippen LogP contribution in [0.15, 0.2) is 29.8 Å². The van der Waals surface area contributed by atoms with Gasteiger partial charge >= 0.3 is 0 Å². The number of hydrogen-bond acceptors (Lipinski definition) is 6. The first kappa shape index (κ1) is 15.9. The summed E-state index contributed by atoms with van der Waals surface area (Å²) in [7, 11) is 4.09. The normalized spacial score (nSPS) is 18.1. The molecule has 2 heterocycles. The quantitative estimate of drug-likeness (QED) is 0.911. The molecule has 1 amide bonds. The van der Waals surface area contributed by atoms with Crippen molar-refractivity contribution >= 4 is 28.1 Å². The number of likely N-dealkylation sites (tertiary alicyclic amines) is 1. The zero-order valence-corrected chi connectivity index (χ0v) is 14.2. The summed E-state index contributed by atoms with van der Waals surface area (Å²) in [6, 6.07) is 8.85. The lowest BCUT2D eigenvalue weighted by Gasteiger charge is -2.25. The van der Waals surface area contributed by atoms with Crippen LogP contribution in [0.1, 0.15) is 24.4 Å². The van der Waals surface area contributed by atoms with E-state index in [1.165, 1.54) is 22.6 Å². The van der Waals surface area contributed by atoms with Crippen molar-refractivity contribution in [1.29, 1.82) is 0 Å². The van der Waals surface area contributed by atoms with Crippen LogP contribution in [0.4, 0.5) is 10.8 Å². The lowest BCUT2D eigenvalue weighted by molar-refractivity contribution is -0.117. The number of nitrogens with one attached hydrogen (secondary N) is 1. The number of carbonyl (C=O) groups excluding carboxylic acids is 1. The van der Waals surface area contributed by atoms with E-state index in [1.807, 2.05) is 14.1 Å². The van der Waals surface area contributed by atoms with Crippen molar-refractivity contribution in [3.05, 3.63) is 35.3 Å². The zero-order chi connectivity index (χ0) is 16.2. The molecule has 1 atom stereocenters. The molecule has 0 saturated carbocycles. The number of aromatic nitrogens is 2. The molecule has 1 aromatic carbocycles. The van der Waals surface area contributed by atoms with Crippen LogP contribution >= 0.6 is 11.3 Å². The molecule has 1 aliphatic rings. The molecular weight excluding hydrogens is 310 g/mol. The minimum Gasteiger partial charge on any atom is -0.378 e. The van der Waals surface area contributed by atoms with E-state index in [-0.39, 0.29) is 5.91 Å². The molecule has 1 fully saturated rings. The van der Waals surface area contributed by atoms with Gasteiger partial charge < -0.3 is 4.90 Å². The highest BCUT2D eigenvalue weighted by molar-refractivity contribution is 7.13. The van der Waals surface area contributed by atoms with Crippen LogP contribution in [0.25, 0.3) is 0 Å². The van der Waals surface area contributed by atoms with Gasteiger partial charge in [-0.15, -0.1) is 10.2 Å². The average Bonchev–Trinajstić information content (AvgIpc) is 3.19. The molecule has 122 valence electrons. The number of amides is 1. The Kier molecular flexibility index (Phi) is 4.88.